The number of rotatable bonds is 9. The molecule has 0 saturated heterocycles. The van der Waals surface area contributed by atoms with Crippen LogP contribution in [0, 0.1) is 0 Å². The zero-order valence-corrected chi connectivity index (χ0v) is 17.0. The summed E-state index contributed by atoms with van der Waals surface area (Å²) in [6.45, 7) is 4.76. The highest BCUT2D eigenvalue weighted by molar-refractivity contribution is 5.69. The van der Waals surface area contributed by atoms with Crippen molar-refractivity contribution < 1.29 is 39.7 Å². The van der Waals surface area contributed by atoms with Gasteiger partial charge < -0.3 is 24.9 Å². The molecular weight excluding hydrogens is 372 g/mol. The molecule has 0 aromatic carbocycles. The molecule has 12 nitrogen and oxygen atoms in total. The first-order valence-corrected chi connectivity index (χ1v) is 8.61. The molecule has 0 aliphatic rings. The third-order valence-corrected chi connectivity index (χ3v) is 2.26. The van der Waals surface area contributed by atoms with Crippen LogP contribution in [0.3, 0.4) is 0 Å². The predicted octanol–water partition coefficient (Wildman–Crippen LogP) is -6.36. The van der Waals surface area contributed by atoms with E-state index in [0.29, 0.717) is 11.9 Å². The van der Waals surface area contributed by atoms with Crippen molar-refractivity contribution in [2.45, 2.75) is 59.3 Å². The normalized spacial score (nSPS) is 8.25. The van der Waals surface area contributed by atoms with Gasteiger partial charge in [0.2, 0.25) is 0 Å². The van der Waals surface area contributed by atoms with E-state index in [9.17, 15) is 0 Å². The van der Waals surface area contributed by atoms with E-state index < -0.39 is 17.9 Å². The summed E-state index contributed by atoms with van der Waals surface area (Å²) in [5, 5.41) is 25.2. The summed E-state index contributed by atoms with van der Waals surface area (Å²) in [6, 6.07) is 0. The Labute approximate surface area is 165 Å². The number of unbranched alkanes of at least 4 members (excludes halogenated alkanes) is 5. The molecular formula is C16H36N6O6. The lowest BCUT2D eigenvalue weighted by molar-refractivity contribution is -0.460. The largest absolute Gasteiger partial charge is 0.550 e. The Morgan fingerprint density at radius 2 is 0.857 bits per heavy atom. The summed E-state index contributed by atoms with van der Waals surface area (Å²) in [5.41, 5.74) is 21.1. The van der Waals surface area contributed by atoms with Crippen molar-refractivity contribution >= 4 is 29.8 Å². The summed E-state index contributed by atoms with van der Waals surface area (Å²) in [4.78, 5) is 32.6. The quantitative estimate of drug-likeness (QED) is 0.108. The van der Waals surface area contributed by atoms with Crippen LogP contribution in [0.25, 0.3) is 0 Å². The lowest BCUT2D eigenvalue weighted by Crippen LogP contribution is -2.78. The Hall–Kier alpha value is -3.05. The minimum atomic E-state index is -1.08. The molecule has 0 saturated carbocycles. The second kappa shape index (κ2) is 26.2. The molecule has 0 bridgehead atoms. The first kappa shape index (κ1) is 32.6. The Bertz CT molecular complexity index is 396. The first-order chi connectivity index (χ1) is 12.8. The predicted molar refractivity (Wildman–Crippen MR) is 101 cm³/mol. The maximum absolute atomic E-state index is 9.00. The molecule has 0 aromatic heterocycles. The van der Waals surface area contributed by atoms with Gasteiger partial charge in [0.25, 0.3) is 5.97 Å². The van der Waals surface area contributed by atoms with Crippen LogP contribution in [-0.4, -0.2) is 48.0 Å². The molecule has 0 rings (SSSR count). The SMILES string of the molecule is CC(=O)O.CC(=O)[O-].CC(=O)[O-].NC(N)=[NH+]CCCCCCCC[NH+]=C(N)N. The van der Waals surface area contributed by atoms with Crippen LogP contribution in [0.2, 0.25) is 0 Å². The minimum Gasteiger partial charge on any atom is -0.550 e. The Balaban J connectivity index is -0.000000195. The molecule has 0 radical (unpaired) electrons. The van der Waals surface area contributed by atoms with E-state index in [1.54, 1.807) is 0 Å². The van der Waals surface area contributed by atoms with Gasteiger partial charge in [0.05, 0.1) is 13.1 Å². The number of guanidine groups is 2. The molecule has 28 heavy (non-hydrogen) atoms. The van der Waals surface area contributed by atoms with Crippen molar-refractivity contribution in [1.82, 2.24) is 0 Å². The number of carboxylic acids is 3. The fourth-order valence-electron chi connectivity index (χ4n) is 1.42. The van der Waals surface area contributed by atoms with Gasteiger partial charge >= 0.3 is 11.9 Å². The molecule has 11 N–H and O–H groups in total. The molecule has 0 heterocycles. The Morgan fingerprint density at radius 3 is 1.04 bits per heavy atom. The average molecular weight is 409 g/mol. The van der Waals surface area contributed by atoms with E-state index in [0.717, 1.165) is 46.7 Å². The summed E-state index contributed by atoms with van der Waals surface area (Å²) in [7, 11) is 0. The van der Waals surface area contributed by atoms with Crippen molar-refractivity contribution in [2.24, 2.45) is 22.9 Å². The number of carbonyl (C=O) groups excluding carboxylic acids is 2. The fraction of sp³-hybridized carbons (Fsp3) is 0.688. The number of carboxylic acid groups (broad SMARTS) is 3. The Kier molecular flexibility index (Phi) is 30.5. The standard InChI is InChI=1S/C10H24N6.3C2H4O2/c11-9(12)15-7-5-3-1-2-4-6-8-16-10(13)14;3*1-2(3)4/h1-8H2,(H4,11,12,15)(H4,13,14,16);3*1H3,(H,3,4). The van der Waals surface area contributed by atoms with Crippen molar-refractivity contribution in [3.63, 3.8) is 0 Å². The molecule has 0 aliphatic heterocycles. The smallest absolute Gasteiger partial charge is 0.338 e. The van der Waals surface area contributed by atoms with Crippen LogP contribution in [0.4, 0.5) is 0 Å². The van der Waals surface area contributed by atoms with Crippen LogP contribution in [0.1, 0.15) is 59.3 Å². The van der Waals surface area contributed by atoms with E-state index in [2.05, 4.69) is 9.98 Å². The third kappa shape index (κ3) is 112. The van der Waals surface area contributed by atoms with Crippen LogP contribution in [-0.2, 0) is 14.4 Å². The summed E-state index contributed by atoms with van der Waals surface area (Å²) < 4.78 is 0. The maximum atomic E-state index is 9.00. The van der Waals surface area contributed by atoms with E-state index in [1.165, 1.54) is 25.7 Å². The maximum Gasteiger partial charge on any atom is 0.338 e. The monoisotopic (exact) mass is 408 g/mol. The molecule has 166 valence electrons. The van der Waals surface area contributed by atoms with Gasteiger partial charge in [-0.25, -0.2) is 0 Å². The number of nitrogens with one attached hydrogen (secondary N) is 2. The van der Waals surface area contributed by atoms with Crippen molar-refractivity contribution in [3.05, 3.63) is 0 Å². The van der Waals surface area contributed by atoms with Crippen molar-refractivity contribution in [3.8, 4) is 0 Å². The number of carbonyl (C=O) groups is 3. The van der Waals surface area contributed by atoms with Crippen LogP contribution in [0.15, 0.2) is 0 Å². The summed E-state index contributed by atoms with van der Waals surface area (Å²) in [6.07, 6.45) is 7.12. The highest BCUT2D eigenvalue weighted by Crippen LogP contribution is 2.02. The summed E-state index contributed by atoms with van der Waals surface area (Å²) >= 11 is 0. The minimum absolute atomic E-state index is 0.307. The van der Waals surface area contributed by atoms with Crippen LogP contribution in [0.5, 0.6) is 0 Å². The average Bonchev–Trinajstić information content (AvgIpc) is 2.46. The zero-order chi connectivity index (χ0) is 23.0. The molecule has 12 heteroatoms. The lowest BCUT2D eigenvalue weighted by Gasteiger charge is -1.98. The van der Waals surface area contributed by atoms with E-state index in [1.807, 2.05) is 0 Å². The number of hydrogen-bond donors (Lipinski definition) is 7. The van der Waals surface area contributed by atoms with Gasteiger partial charge in [-0.2, -0.15) is 0 Å². The second-order valence-corrected chi connectivity index (χ2v) is 5.39. The van der Waals surface area contributed by atoms with Gasteiger partial charge in [-0.05, 0) is 26.7 Å². The molecule has 0 amide bonds. The van der Waals surface area contributed by atoms with Crippen LogP contribution < -0.4 is 43.1 Å². The van der Waals surface area contributed by atoms with Gasteiger partial charge in [0.1, 0.15) is 0 Å². The lowest BCUT2D eigenvalue weighted by atomic mass is 10.1. The third-order valence-electron chi connectivity index (χ3n) is 2.26. The zero-order valence-electron chi connectivity index (χ0n) is 17.0. The topological polar surface area (TPSA) is 250 Å². The first-order valence-electron chi connectivity index (χ1n) is 8.61. The highest BCUT2D eigenvalue weighted by atomic mass is 16.4. The number of hydrogen-bond acceptors (Lipinski definition) is 5. The molecule has 0 aliphatic carbocycles. The molecule has 0 fully saturated rings. The van der Waals surface area contributed by atoms with E-state index in [4.69, 9.17) is 52.6 Å². The van der Waals surface area contributed by atoms with Gasteiger partial charge in [0, 0.05) is 18.9 Å². The number of aliphatic carboxylic acids is 3. The van der Waals surface area contributed by atoms with Crippen molar-refractivity contribution in [2.75, 3.05) is 13.1 Å². The molecule has 0 spiro atoms. The highest BCUT2D eigenvalue weighted by Gasteiger charge is 1.93. The van der Waals surface area contributed by atoms with Crippen molar-refractivity contribution in [1.29, 1.82) is 0 Å². The fourth-order valence-corrected chi connectivity index (χ4v) is 1.42. The van der Waals surface area contributed by atoms with E-state index in [-0.39, 0.29) is 0 Å². The van der Waals surface area contributed by atoms with Gasteiger partial charge in [-0.1, -0.05) is 25.7 Å². The molecule has 0 unspecified atom stereocenters. The molecule has 0 atom stereocenters. The number of nitrogens with two attached hydrogens (primary N) is 4. The van der Waals surface area contributed by atoms with Gasteiger partial charge in [-0.3, -0.25) is 37.7 Å². The van der Waals surface area contributed by atoms with Gasteiger partial charge in [0.15, 0.2) is 0 Å². The summed E-state index contributed by atoms with van der Waals surface area (Å²) in [5.74, 6) is -2.39. The van der Waals surface area contributed by atoms with Gasteiger partial charge in [-0.15, -0.1) is 0 Å². The second-order valence-electron chi connectivity index (χ2n) is 5.39. The molecule has 0 aromatic rings. The Morgan fingerprint density at radius 1 is 0.679 bits per heavy atom. The van der Waals surface area contributed by atoms with Crippen LogP contribution >= 0.6 is 0 Å². The van der Waals surface area contributed by atoms with E-state index >= 15 is 0 Å².